The second kappa shape index (κ2) is 8.43. The predicted octanol–water partition coefficient (Wildman–Crippen LogP) is 3.78. The first kappa shape index (κ1) is 20.9. The second-order valence-corrected chi connectivity index (χ2v) is 8.01. The van der Waals surface area contributed by atoms with E-state index in [0.29, 0.717) is 58.5 Å². The van der Waals surface area contributed by atoms with Crippen LogP contribution < -0.4 is 10.2 Å². The summed E-state index contributed by atoms with van der Waals surface area (Å²) in [6, 6.07) is 8.73. The van der Waals surface area contributed by atoms with E-state index in [9.17, 15) is 19.8 Å². The molecule has 1 aliphatic rings. The Hall–Kier alpha value is -3.32. The fourth-order valence-electron chi connectivity index (χ4n) is 4.28. The number of hydrogen-bond donors (Lipinski definition) is 2. The number of carboxylic acids is 1. The van der Waals surface area contributed by atoms with Crippen molar-refractivity contribution in [1.29, 1.82) is 0 Å². The van der Waals surface area contributed by atoms with Gasteiger partial charge < -0.3 is 19.4 Å². The number of fused-ring (bicyclic) bond motifs is 1. The zero-order chi connectivity index (χ0) is 22.1. The standard InChI is InChI=1S/C24H25NO6/c1-14-10-20(26)18(12-25-9-3-4-16(11-25)24(28)29)23-21(14)22(27)19(13-31-23)15-5-7-17(30-2)8-6-15/h5-8,10,13,16,26H,3-4,9,11-12H2,1-2H3,(H,28,29)/t16-/m1/s1. The van der Waals surface area contributed by atoms with E-state index < -0.39 is 11.9 Å². The molecule has 0 saturated carbocycles. The maximum Gasteiger partial charge on any atom is 0.307 e. The summed E-state index contributed by atoms with van der Waals surface area (Å²) in [5.41, 5.74) is 2.45. The third-order valence-corrected chi connectivity index (χ3v) is 5.96. The minimum atomic E-state index is -0.807. The van der Waals surface area contributed by atoms with Gasteiger partial charge >= 0.3 is 5.97 Å². The van der Waals surface area contributed by atoms with Gasteiger partial charge in [-0.3, -0.25) is 14.5 Å². The number of nitrogens with zero attached hydrogens (tertiary/aromatic N) is 1. The van der Waals surface area contributed by atoms with Crippen molar-refractivity contribution < 1.29 is 24.2 Å². The molecule has 162 valence electrons. The van der Waals surface area contributed by atoms with Gasteiger partial charge in [-0.15, -0.1) is 0 Å². The highest BCUT2D eigenvalue weighted by molar-refractivity contribution is 5.88. The summed E-state index contributed by atoms with van der Waals surface area (Å²) in [6.45, 7) is 3.21. The monoisotopic (exact) mass is 423 g/mol. The van der Waals surface area contributed by atoms with Gasteiger partial charge in [0.25, 0.3) is 0 Å². The summed E-state index contributed by atoms with van der Waals surface area (Å²) in [5.74, 6) is -0.499. The van der Waals surface area contributed by atoms with Crippen LogP contribution in [0.5, 0.6) is 11.5 Å². The summed E-state index contributed by atoms with van der Waals surface area (Å²) in [7, 11) is 1.58. The molecule has 1 atom stereocenters. The number of aliphatic carboxylic acids is 1. The molecule has 0 bridgehead atoms. The van der Waals surface area contributed by atoms with Gasteiger partial charge in [-0.2, -0.15) is 0 Å². The van der Waals surface area contributed by atoms with Gasteiger partial charge in [-0.25, -0.2) is 0 Å². The second-order valence-electron chi connectivity index (χ2n) is 8.01. The predicted molar refractivity (Wildman–Crippen MR) is 117 cm³/mol. The Balaban J connectivity index is 1.76. The number of aryl methyl sites for hydroxylation is 1. The molecule has 31 heavy (non-hydrogen) atoms. The highest BCUT2D eigenvalue weighted by atomic mass is 16.5. The van der Waals surface area contributed by atoms with Crippen LogP contribution in [0.1, 0.15) is 24.0 Å². The topological polar surface area (TPSA) is 100 Å². The minimum Gasteiger partial charge on any atom is -0.507 e. The molecule has 0 aliphatic carbocycles. The fraction of sp³-hybridized carbons (Fsp3) is 0.333. The number of methoxy groups -OCH3 is 1. The SMILES string of the molecule is COc1ccc(-c2coc3c(CN4CCC[C@@H](C(=O)O)C4)c(O)cc(C)c3c2=O)cc1. The minimum absolute atomic E-state index is 0.0443. The van der Waals surface area contributed by atoms with Crippen molar-refractivity contribution in [1.82, 2.24) is 4.90 Å². The van der Waals surface area contributed by atoms with Crippen molar-refractivity contribution in [3.05, 3.63) is 57.9 Å². The number of phenolic OH excluding ortho intramolecular Hbond substituents is 1. The number of piperidine rings is 1. The van der Waals surface area contributed by atoms with Gasteiger partial charge in [0.05, 0.1) is 29.5 Å². The molecule has 0 amide bonds. The largest absolute Gasteiger partial charge is 0.507 e. The van der Waals surface area contributed by atoms with Gasteiger partial charge in [-0.1, -0.05) is 12.1 Å². The van der Waals surface area contributed by atoms with E-state index in [2.05, 4.69) is 0 Å². The lowest BCUT2D eigenvalue weighted by Gasteiger charge is -2.30. The number of phenols is 1. The normalized spacial score (nSPS) is 17.0. The first-order valence-corrected chi connectivity index (χ1v) is 10.3. The maximum atomic E-state index is 13.3. The molecule has 3 aromatic rings. The number of benzene rings is 2. The molecule has 1 aromatic heterocycles. The summed E-state index contributed by atoms with van der Waals surface area (Å²) in [5, 5.41) is 20.4. The van der Waals surface area contributed by atoms with E-state index in [1.54, 1.807) is 44.4 Å². The Morgan fingerprint density at radius 1 is 1.29 bits per heavy atom. The van der Waals surface area contributed by atoms with E-state index in [1.807, 2.05) is 4.90 Å². The molecule has 7 heteroatoms. The third-order valence-electron chi connectivity index (χ3n) is 5.96. The van der Waals surface area contributed by atoms with Crippen LogP contribution in [-0.2, 0) is 11.3 Å². The van der Waals surface area contributed by atoms with Crippen molar-refractivity contribution in [2.24, 2.45) is 5.92 Å². The molecular weight excluding hydrogens is 398 g/mol. The number of carboxylic acid groups (broad SMARTS) is 1. The molecule has 2 aromatic carbocycles. The molecule has 0 radical (unpaired) electrons. The lowest BCUT2D eigenvalue weighted by Crippen LogP contribution is -2.38. The first-order valence-electron chi connectivity index (χ1n) is 10.3. The average Bonchev–Trinajstić information content (AvgIpc) is 2.76. The lowest BCUT2D eigenvalue weighted by atomic mass is 9.96. The van der Waals surface area contributed by atoms with Crippen LogP contribution >= 0.6 is 0 Å². The van der Waals surface area contributed by atoms with Crippen molar-refractivity contribution in [2.75, 3.05) is 20.2 Å². The van der Waals surface area contributed by atoms with E-state index in [-0.39, 0.29) is 11.2 Å². The molecule has 2 N–H and O–H groups in total. The number of carbonyl (C=O) groups is 1. The zero-order valence-corrected chi connectivity index (χ0v) is 17.6. The molecule has 0 unspecified atom stereocenters. The summed E-state index contributed by atoms with van der Waals surface area (Å²) >= 11 is 0. The summed E-state index contributed by atoms with van der Waals surface area (Å²) in [6.07, 6.45) is 2.84. The Morgan fingerprint density at radius 3 is 2.71 bits per heavy atom. The Kier molecular flexibility index (Phi) is 5.69. The highest BCUT2D eigenvalue weighted by Gasteiger charge is 2.27. The third kappa shape index (κ3) is 4.01. The fourth-order valence-corrected chi connectivity index (χ4v) is 4.28. The van der Waals surface area contributed by atoms with Gasteiger partial charge in [0, 0.05) is 13.1 Å². The zero-order valence-electron chi connectivity index (χ0n) is 17.6. The van der Waals surface area contributed by atoms with Crippen molar-refractivity contribution >= 4 is 16.9 Å². The lowest BCUT2D eigenvalue weighted by molar-refractivity contribution is -0.143. The van der Waals surface area contributed by atoms with E-state index in [4.69, 9.17) is 9.15 Å². The molecule has 4 rings (SSSR count). The number of hydrogen-bond acceptors (Lipinski definition) is 6. The van der Waals surface area contributed by atoms with E-state index in [0.717, 1.165) is 13.0 Å². The molecule has 7 nitrogen and oxygen atoms in total. The van der Waals surface area contributed by atoms with Crippen molar-refractivity contribution in [3.8, 4) is 22.6 Å². The van der Waals surface area contributed by atoms with Gasteiger partial charge in [0.1, 0.15) is 23.3 Å². The Bertz CT molecular complexity index is 1180. The average molecular weight is 423 g/mol. The molecule has 1 saturated heterocycles. The van der Waals surface area contributed by atoms with E-state index in [1.165, 1.54) is 6.26 Å². The van der Waals surface area contributed by atoms with Crippen LogP contribution in [0.25, 0.3) is 22.1 Å². The van der Waals surface area contributed by atoms with Gasteiger partial charge in [-0.05, 0) is 55.6 Å². The Morgan fingerprint density at radius 2 is 2.03 bits per heavy atom. The summed E-state index contributed by atoms with van der Waals surface area (Å²) in [4.78, 5) is 26.7. The molecule has 0 spiro atoms. The van der Waals surface area contributed by atoms with Crippen LogP contribution in [0.15, 0.2) is 45.8 Å². The number of rotatable bonds is 5. The van der Waals surface area contributed by atoms with Crippen LogP contribution in [0, 0.1) is 12.8 Å². The van der Waals surface area contributed by atoms with E-state index >= 15 is 0 Å². The molecule has 2 heterocycles. The Labute approximate surface area is 179 Å². The van der Waals surface area contributed by atoms with Gasteiger partial charge in [0.2, 0.25) is 5.43 Å². The maximum absolute atomic E-state index is 13.3. The van der Waals surface area contributed by atoms with Crippen molar-refractivity contribution in [3.63, 3.8) is 0 Å². The smallest absolute Gasteiger partial charge is 0.307 e. The van der Waals surface area contributed by atoms with Crippen LogP contribution in [0.2, 0.25) is 0 Å². The molecule has 1 aliphatic heterocycles. The number of aromatic hydroxyl groups is 1. The number of likely N-dealkylation sites (tertiary alicyclic amines) is 1. The van der Waals surface area contributed by atoms with Crippen molar-refractivity contribution in [2.45, 2.75) is 26.3 Å². The van der Waals surface area contributed by atoms with Gasteiger partial charge in [0.15, 0.2) is 0 Å². The quantitative estimate of drug-likeness (QED) is 0.644. The van der Waals surface area contributed by atoms with Crippen LogP contribution in [0.4, 0.5) is 0 Å². The molecule has 1 fully saturated rings. The van der Waals surface area contributed by atoms with Crippen LogP contribution in [-0.4, -0.2) is 41.3 Å². The summed E-state index contributed by atoms with van der Waals surface area (Å²) < 4.78 is 11.1. The first-order chi connectivity index (χ1) is 14.9. The highest BCUT2D eigenvalue weighted by Crippen LogP contribution is 2.33. The molecular formula is C24H25NO6. The number of ether oxygens (including phenoxy) is 1. The van der Waals surface area contributed by atoms with Crippen LogP contribution in [0.3, 0.4) is 0 Å².